The zero-order valence-corrected chi connectivity index (χ0v) is 23.3. The van der Waals surface area contributed by atoms with Crippen molar-refractivity contribution in [1.29, 1.82) is 0 Å². The van der Waals surface area contributed by atoms with E-state index in [0.717, 1.165) is 58.9 Å². The van der Waals surface area contributed by atoms with Gasteiger partial charge in [-0.05, 0) is 0 Å². The first-order chi connectivity index (χ1) is 16.6. The van der Waals surface area contributed by atoms with Crippen LogP contribution in [0.15, 0.2) is 107 Å². The van der Waals surface area contributed by atoms with Crippen molar-refractivity contribution in [2.75, 3.05) is 0 Å². The Balaban J connectivity index is 1.46. The second-order valence-corrected chi connectivity index (χ2v) is 12.0. The van der Waals surface area contributed by atoms with Crippen LogP contribution in [-0.2, 0) is 3.10 Å². The first kappa shape index (κ1) is 21.8. The fourth-order valence-corrected chi connectivity index (χ4v) is 7.13. The standard InChI is InChI=1S/C27H17ClN3OS.Pb/c28-21-12-11-20-13-25(32-24(20)14-21)22-16-33-27(30-22)23-15-29-17-31(23)26(18-7-3-1-4-8-18)19-9-5-2-6-10-19;/h1-17H;. The maximum atomic E-state index is 6.13. The van der Waals surface area contributed by atoms with Crippen molar-refractivity contribution >= 4 is 59.7 Å². The molecule has 0 amide bonds. The van der Waals surface area contributed by atoms with Crippen LogP contribution >= 0.6 is 22.9 Å². The molecule has 163 valence electrons. The molecular weight excluding hydrogens is 657 g/mol. The van der Waals surface area contributed by atoms with Crippen molar-refractivity contribution in [1.82, 2.24) is 14.5 Å². The average Bonchev–Trinajstić information content (AvgIpc) is 3.63. The van der Waals surface area contributed by atoms with Gasteiger partial charge in [-0.1, -0.05) is 0 Å². The van der Waals surface area contributed by atoms with E-state index >= 15 is 0 Å². The van der Waals surface area contributed by atoms with Gasteiger partial charge >= 0.3 is 223 Å². The molecule has 34 heavy (non-hydrogen) atoms. The SMILES string of the molecule is Clc1ccc2cc(-c3csc(-c4cncn4[C]([Pb])(c4ccccc4)c4ccccc4)n3)oc2c1. The Labute approximate surface area is 221 Å². The summed E-state index contributed by atoms with van der Waals surface area (Å²) in [6.45, 7) is 0. The van der Waals surface area contributed by atoms with E-state index in [4.69, 9.17) is 21.0 Å². The molecule has 0 unspecified atom stereocenters. The maximum absolute atomic E-state index is 6.13. The molecule has 0 spiro atoms. The molecule has 3 radical (unpaired) electrons. The molecule has 3 aromatic heterocycles. The van der Waals surface area contributed by atoms with Crippen molar-refractivity contribution in [3.8, 4) is 22.2 Å². The van der Waals surface area contributed by atoms with Crippen LogP contribution in [0.4, 0.5) is 0 Å². The number of fused-ring (bicyclic) bond motifs is 1. The van der Waals surface area contributed by atoms with Gasteiger partial charge in [0.25, 0.3) is 0 Å². The molecule has 6 aromatic rings. The van der Waals surface area contributed by atoms with Gasteiger partial charge in [0.2, 0.25) is 0 Å². The Morgan fingerprint density at radius 3 is 2.32 bits per heavy atom. The summed E-state index contributed by atoms with van der Waals surface area (Å²) in [7, 11) is 0. The van der Waals surface area contributed by atoms with Crippen LogP contribution in [0, 0.1) is 0 Å². The molecule has 3 heterocycles. The van der Waals surface area contributed by atoms with Crippen LogP contribution in [0.25, 0.3) is 33.1 Å². The van der Waals surface area contributed by atoms with Crippen LogP contribution in [0.5, 0.6) is 0 Å². The van der Waals surface area contributed by atoms with E-state index in [-0.39, 0.29) is 3.10 Å². The third kappa shape index (κ3) is 3.72. The van der Waals surface area contributed by atoms with Gasteiger partial charge in [0, 0.05) is 0 Å². The van der Waals surface area contributed by atoms with Crippen molar-refractivity contribution in [3.63, 3.8) is 0 Å². The number of aromatic nitrogens is 3. The average molecular weight is 674 g/mol. The fraction of sp³-hybridized carbons (Fsp3) is 0.0370. The summed E-state index contributed by atoms with van der Waals surface area (Å²) in [5, 5.41) is 4.59. The van der Waals surface area contributed by atoms with Crippen molar-refractivity contribution in [2.45, 2.75) is 3.10 Å². The van der Waals surface area contributed by atoms with Crippen molar-refractivity contribution < 1.29 is 4.42 Å². The van der Waals surface area contributed by atoms with E-state index in [2.05, 4.69) is 70.2 Å². The number of hydrogen-bond acceptors (Lipinski definition) is 4. The quantitative estimate of drug-likeness (QED) is 0.185. The number of thiazole rings is 1. The van der Waals surface area contributed by atoms with Crippen LogP contribution in [0.2, 0.25) is 5.02 Å². The van der Waals surface area contributed by atoms with Crippen molar-refractivity contribution in [2.24, 2.45) is 0 Å². The van der Waals surface area contributed by atoms with E-state index in [1.54, 1.807) is 11.3 Å². The number of benzene rings is 3. The molecule has 0 N–H and O–H groups in total. The molecule has 4 nitrogen and oxygen atoms in total. The number of nitrogens with zero attached hydrogens (tertiary/aromatic N) is 3. The molecular formula is C27H17ClN3OPbS. The molecule has 7 heteroatoms. The second-order valence-electron chi connectivity index (χ2n) is 7.92. The van der Waals surface area contributed by atoms with Gasteiger partial charge in [0.1, 0.15) is 0 Å². The Hall–Kier alpha value is -2.75. The zero-order valence-electron chi connectivity index (χ0n) is 17.9. The minimum absolute atomic E-state index is 0.323. The van der Waals surface area contributed by atoms with Gasteiger partial charge < -0.3 is 0 Å². The van der Waals surface area contributed by atoms with Gasteiger partial charge in [-0.15, -0.1) is 0 Å². The number of halogens is 1. The summed E-state index contributed by atoms with van der Waals surface area (Å²) in [5.41, 5.74) is 5.02. The molecule has 0 aliphatic rings. The fourth-order valence-electron chi connectivity index (χ4n) is 4.16. The number of rotatable bonds is 5. The topological polar surface area (TPSA) is 43.9 Å². The van der Waals surface area contributed by atoms with Crippen LogP contribution in [0.1, 0.15) is 11.1 Å². The summed E-state index contributed by atoms with van der Waals surface area (Å²) < 4.78 is 7.99. The minimum atomic E-state index is -0.323. The van der Waals surface area contributed by atoms with E-state index < -0.39 is 0 Å². The summed E-state index contributed by atoms with van der Waals surface area (Å²) in [4.78, 5) is 9.50. The third-order valence-corrected chi connectivity index (χ3v) is 10.1. The Kier molecular flexibility index (Phi) is 5.63. The summed E-state index contributed by atoms with van der Waals surface area (Å²) >= 11 is 8.56. The zero-order chi connectivity index (χ0) is 23.1. The monoisotopic (exact) mass is 674 g/mol. The van der Waals surface area contributed by atoms with E-state index in [1.807, 2.05) is 42.2 Å². The number of furan rings is 1. The summed E-state index contributed by atoms with van der Waals surface area (Å²) in [6, 6.07) is 28.9. The van der Waals surface area contributed by atoms with Gasteiger partial charge in [-0.2, -0.15) is 0 Å². The molecule has 3 aromatic carbocycles. The van der Waals surface area contributed by atoms with Crippen molar-refractivity contribution in [3.05, 3.63) is 119 Å². The third-order valence-electron chi connectivity index (χ3n) is 5.84. The van der Waals surface area contributed by atoms with Crippen LogP contribution in [0.3, 0.4) is 0 Å². The molecule has 0 saturated carbocycles. The first-order valence-electron chi connectivity index (χ1n) is 10.7. The van der Waals surface area contributed by atoms with Crippen LogP contribution < -0.4 is 0 Å². The molecule has 0 atom stereocenters. The first-order valence-corrected chi connectivity index (χ1v) is 13.9. The molecule has 0 bridgehead atoms. The van der Waals surface area contributed by atoms with Gasteiger partial charge in [0.15, 0.2) is 0 Å². The predicted octanol–water partition coefficient (Wildman–Crippen LogP) is 6.99. The molecule has 0 fully saturated rings. The van der Waals surface area contributed by atoms with Crippen LogP contribution in [-0.4, -0.2) is 40.3 Å². The molecule has 0 saturated heterocycles. The number of imidazole rings is 1. The molecule has 0 aliphatic carbocycles. The Morgan fingerprint density at radius 2 is 1.62 bits per heavy atom. The normalized spacial score (nSPS) is 11.8. The second kappa shape index (κ2) is 8.80. The Bertz CT molecular complexity index is 1550. The van der Waals surface area contributed by atoms with E-state index in [0.29, 0.717) is 5.02 Å². The van der Waals surface area contributed by atoms with Gasteiger partial charge in [0.05, 0.1) is 0 Å². The number of hydrogen-bond donors (Lipinski definition) is 0. The predicted molar refractivity (Wildman–Crippen MR) is 138 cm³/mol. The Morgan fingerprint density at radius 1 is 0.912 bits per heavy atom. The van der Waals surface area contributed by atoms with E-state index in [9.17, 15) is 0 Å². The van der Waals surface area contributed by atoms with E-state index in [1.165, 1.54) is 11.1 Å². The summed E-state index contributed by atoms with van der Waals surface area (Å²) in [5.74, 6) is 0.731. The molecule has 0 aliphatic heterocycles. The van der Waals surface area contributed by atoms with Gasteiger partial charge in [-0.3, -0.25) is 0 Å². The summed E-state index contributed by atoms with van der Waals surface area (Å²) in [6.07, 6.45) is 3.83. The van der Waals surface area contributed by atoms with Gasteiger partial charge in [-0.25, -0.2) is 0 Å². The molecule has 6 rings (SSSR count).